The zero-order valence-corrected chi connectivity index (χ0v) is 11.4. The summed E-state index contributed by atoms with van der Waals surface area (Å²) in [5, 5.41) is 3.26. The molecule has 1 aliphatic rings. The third-order valence-electron chi connectivity index (χ3n) is 3.61. The molecule has 0 bridgehead atoms. The van der Waals surface area contributed by atoms with Gasteiger partial charge in [0, 0.05) is 31.7 Å². The van der Waals surface area contributed by atoms with Gasteiger partial charge in [0.1, 0.15) is 0 Å². The second-order valence-electron chi connectivity index (χ2n) is 4.89. The predicted octanol–water partition coefficient (Wildman–Crippen LogP) is 1.86. The van der Waals surface area contributed by atoms with Gasteiger partial charge < -0.3 is 9.88 Å². The van der Waals surface area contributed by atoms with Crippen LogP contribution in [0.5, 0.6) is 0 Å². The SMILES string of the molecule is CN1C(=O)c2ccc(NCc3cccn3C)cc2C1=O. The molecule has 1 N–H and O–H groups in total. The average Bonchev–Trinajstić information content (AvgIpc) is 2.95. The van der Waals surface area contributed by atoms with E-state index in [0.29, 0.717) is 17.7 Å². The fourth-order valence-electron chi connectivity index (χ4n) is 2.34. The quantitative estimate of drug-likeness (QED) is 0.865. The number of amides is 2. The first-order chi connectivity index (χ1) is 9.58. The molecule has 0 radical (unpaired) electrons. The van der Waals surface area contributed by atoms with Crippen molar-refractivity contribution in [3.63, 3.8) is 0 Å². The molecule has 0 saturated heterocycles. The van der Waals surface area contributed by atoms with Crippen LogP contribution in [0.25, 0.3) is 0 Å². The largest absolute Gasteiger partial charge is 0.379 e. The van der Waals surface area contributed by atoms with Gasteiger partial charge in [0.25, 0.3) is 11.8 Å². The molecule has 102 valence electrons. The van der Waals surface area contributed by atoms with Crippen LogP contribution >= 0.6 is 0 Å². The standard InChI is InChI=1S/C15H15N3O2/c1-17-7-3-4-11(17)9-16-10-5-6-12-13(8-10)15(20)18(2)14(12)19/h3-8,16H,9H2,1-2H3. The molecule has 5 nitrogen and oxygen atoms in total. The van der Waals surface area contributed by atoms with Crippen molar-refractivity contribution in [3.05, 3.63) is 53.3 Å². The summed E-state index contributed by atoms with van der Waals surface area (Å²) in [5.74, 6) is -0.480. The van der Waals surface area contributed by atoms with Gasteiger partial charge in [0.2, 0.25) is 0 Å². The van der Waals surface area contributed by atoms with Crippen molar-refractivity contribution in [2.75, 3.05) is 12.4 Å². The summed E-state index contributed by atoms with van der Waals surface area (Å²) in [6.07, 6.45) is 1.98. The molecule has 0 aliphatic carbocycles. The molecular formula is C15H15N3O2. The molecule has 20 heavy (non-hydrogen) atoms. The van der Waals surface area contributed by atoms with E-state index in [1.807, 2.05) is 36.0 Å². The molecule has 1 aliphatic heterocycles. The van der Waals surface area contributed by atoms with E-state index in [1.54, 1.807) is 12.1 Å². The fourth-order valence-corrected chi connectivity index (χ4v) is 2.34. The van der Waals surface area contributed by atoms with Crippen molar-refractivity contribution < 1.29 is 9.59 Å². The number of hydrogen-bond donors (Lipinski definition) is 1. The summed E-state index contributed by atoms with van der Waals surface area (Å²) in [4.78, 5) is 24.9. The number of imide groups is 1. The molecule has 0 atom stereocenters. The summed E-state index contributed by atoms with van der Waals surface area (Å²) in [6, 6.07) is 9.28. The molecular weight excluding hydrogens is 254 g/mol. The van der Waals surface area contributed by atoms with Crippen LogP contribution in [0.2, 0.25) is 0 Å². The van der Waals surface area contributed by atoms with E-state index in [-0.39, 0.29) is 11.8 Å². The van der Waals surface area contributed by atoms with Gasteiger partial charge in [-0.1, -0.05) is 0 Å². The monoisotopic (exact) mass is 269 g/mol. The number of carbonyl (C=O) groups excluding carboxylic acids is 2. The van der Waals surface area contributed by atoms with Gasteiger partial charge >= 0.3 is 0 Å². The average molecular weight is 269 g/mol. The zero-order valence-electron chi connectivity index (χ0n) is 11.4. The first kappa shape index (κ1) is 12.5. The van der Waals surface area contributed by atoms with E-state index < -0.39 is 0 Å². The van der Waals surface area contributed by atoms with Gasteiger partial charge in [-0.05, 0) is 30.3 Å². The Balaban J connectivity index is 1.82. The highest BCUT2D eigenvalue weighted by Gasteiger charge is 2.32. The van der Waals surface area contributed by atoms with Crippen LogP contribution in [0.15, 0.2) is 36.5 Å². The Morgan fingerprint density at radius 1 is 1.05 bits per heavy atom. The number of aromatic nitrogens is 1. The summed E-state index contributed by atoms with van der Waals surface area (Å²) < 4.78 is 2.03. The van der Waals surface area contributed by atoms with Crippen molar-refractivity contribution in [1.29, 1.82) is 0 Å². The van der Waals surface area contributed by atoms with Crippen LogP contribution in [0.1, 0.15) is 26.4 Å². The molecule has 3 rings (SSSR count). The molecule has 2 amide bonds. The van der Waals surface area contributed by atoms with E-state index in [2.05, 4.69) is 5.32 Å². The second kappa shape index (κ2) is 4.52. The van der Waals surface area contributed by atoms with E-state index in [0.717, 1.165) is 16.3 Å². The molecule has 1 aromatic carbocycles. The van der Waals surface area contributed by atoms with E-state index in [9.17, 15) is 9.59 Å². The van der Waals surface area contributed by atoms with Gasteiger partial charge in [-0.3, -0.25) is 14.5 Å². The first-order valence-corrected chi connectivity index (χ1v) is 6.38. The lowest BCUT2D eigenvalue weighted by atomic mass is 10.1. The number of nitrogens with one attached hydrogen (secondary N) is 1. The highest BCUT2D eigenvalue weighted by Crippen LogP contribution is 2.24. The number of benzene rings is 1. The smallest absolute Gasteiger partial charge is 0.261 e. The molecule has 2 heterocycles. The molecule has 0 spiro atoms. The minimum Gasteiger partial charge on any atom is -0.379 e. The van der Waals surface area contributed by atoms with E-state index in [4.69, 9.17) is 0 Å². The van der Waals surface area contributed by atoms with Crippen LogP contribution in [-0.2, 0) is 13.6 Å². The van der Waals surface area contributed by atoms with Gasteiger partial charge in [0.15, 0.2) is 0 Å². The topological polar surface area (TPSA) is 54.3 Å². The lowest BCUT2D eigenvalue weighted by Gasteiger charge is -2.08. The third kappa shape index (κ3) is 1.87. The van der Waals surface area contributed by atoms with Crippen LogP contribution in [-0.4, -0.2) is 28.3 Å². The highest BCUT2D eigenvalue weighted by molar-refractivity contribution is 6.21. The number of rotatable bonds is 3. The first-order valence-electron chi connectivity index (χ1n) is 6.38. The highest BCUT2D eigenvalue weighted by atomic mass is 16.2. The van der Waals surface area contributed by atoms with Gasteiger partial charge in [0.05, 0.1) is 17.7 Å². The zero-order chi connectivity index (χ0) is 14.3. The molecule has 5 heteroatoms. The van der Waals surface area contributed by atoms with Crippen molar-refractivity contribution in [2.45, 2.75) is 6.54 Å². The Bertz CT molecular complexity index is 703. The number of fused-ring (bicyclic) bond motifs is 1. The fraction of sp³-hybridized carbons (Fsp3) is 0.200. The number of carbonyl (C=O) groups is 2. The Hall–Kier alpha value is -2.56. The third-order valence-corrected chi connectivity index (χ3v) is 3.61. The summed E-state index contributed by atoms with van der Waals surface area (Å²) >= 11 is 0. The molecule has 1 aromatic heterocycles. The van der Waals surface area contributed by atoms with Crippen molar-refractivity contribution in [3.8, 4) is 0 Å². The Morgan fingerprint density at radius 2 is 1.80 bits per heavy atom. The Kier molecular flexibility index (Phi) is 2.82. The van der Waals surface area contributed by atoms with Gasteiger partial charge in [-0.15, -0.1) is 0 Å². The second-order valence-corrected chi connectivity index (χ2v) is 4.89. The number of nitrogens with zero attached hydrogens (tertiary/aromatic N) is 2. The molecule has 0 unspecified atom stereocenters. The van der Waals surface area contributed by atoms with E-state index in [1.165, 1.54) is 7.05 Å². The molecule has 0 fully saturated rings. The van der Waals surface area contributed by atoms with Crippen LogP contribution in [0.3, 0.4) is 0 Å². The predicted molar refractivity (Wildman–Crippen MR) is 75.6 cm³/mol. The van der Waals surface area contributed by atoms with Crippen molar-refractivity contribution >= 4 is 17.5 Å². The molecule has 0 saturated carbocycles. The van der Waals surface area contributed by atoms with Crippen molar-refractivity contribution in [2.24, 2.45) is 7.05 Å². The number of hydrogen-bond acceptors (Lipinski definition) is 3. The lowest BCUT2D eigenvalue weighted by molar-refractivity contribution is 0.0693. The van der Waals surface area contributed by atoms with Crippen LogP contribution in [0, 0.1) is 0 Å². The Labute approximate surface area is 116 Å². The lowest BCUT2D eigenvalue weighted by Crippen LogP contribution is -2.24. The number of aryl methyl sites for hydroxylation is 1. The van der Waals surface area contributed by atoms with Gasteiger partial charge in [-0.2, -0.15) is 0 Å². The maximum atomic E-state index is 11.9. The van der Waals surface area contributed by atoms with Crippen LogP contribution < -0.4 is 5.32 Å². The normalized spacial score (nSPS) is 13.8. The molecule has 2 aromatic rings. The number of anilines is 1. The van der Waals surface area contributed by atoms with Crippen molar-refractivity contribution in [1.82, 2.24) is 9.47 Å². The van der Waals surface area contributed by atoms with Crippen LogP contribution in [0.4, 0.5) is 5.69 Å². The summed E-state index contributed by atoms with van der Waals surface area (Å²) in [7, 11) is 3.48. The van der Waals surface area contributed by atoms with Gasteiger partial charge in [-0.25, -0.2) is 0 Å². The summed E-state index contributed by atoms with van der Waals surface area (Å²) in [5.41, 5.74) is 2.92. The maximum Gasteiger partial charge on any atom is 0.261 e. The minimum absolute atomic E-state index is 0.237. The van der Waals surface area contributed by atoms with E-state index >= 15 is 0 Å². The minimum atomic E-state index is -0.243. The summed E-state index contributed by atoms with van der Waals surface area (Å²) in [6.45, 7) is 0.667. The Morgan fingerprint density at radius 3 is 2.50 bits per heavy atom. The maximum absolute atomic E-state index is 11.9.